The maximum atomic E-state index is 6.07. The van der Waals surface area contributed by atoms with Gasteiger partial charge in [0.2, 0.25) is 0 Å². The topological polar surface area (TPSA) is 12.5 Å². The van der Waals surface area contributed by atoms with E-state index in [4.69, 9.17) is 4.74 Å². The highest BCUT2D eigenvalue weighted by Crippen LogP contribution is 2.43. The first kappa shape index (κ1) is 11.3. The number of anilines is 1. The first-order valence-electron chi connectivity index (χ1n) is 5.81. The zero-order valence-corrected chi connectivity index (χ0v) is 11.1. The molecule has 2 rings (SSSR count). The maximum absolute atomic E-state index is 6.07. The second kappa shape index (κ2) is 3.41. The summed E-state index contributed by atoms with van der Waals surface area (Å²) in [5.41, 5.74) is 5.18. The van der Waals surface area contributed by atoms with Crippen molar-refractivity contribution >= 4 is 5.69 Å². The van der Waals surface area contributed by atoms with Crippen molar-refractivity contribution in [2.24, 2.45) is 0 Å². The summed E-state index contributed by atoms with van der Waals surface area (Å²) in [5.74, 6) is 1.11. The van der Waals surface area contributed by atoms with Gasteiger partial charge in [-0.25, -0.2) is 0 Å². The third kappa shape index (κ3) is 1.66. The van der Waals surface area contributed by atoms with Crippen LogP contribution in [0.1, 0.15) is 30.5 Å². The molecule has 1 aliphatic rings. The van der Waals surface area contributed by atoms with Crippen molar-refractivity contribution in [3.8, 4) is 5.75 Å². The lowest BCUT2D eigenvalue weighted by Crippen LogP contribution is -2.25. The lowest BCUT2D eigenvalue weighted by molar-refractivity contribution is 0.137. The molecule has 2 heteroatoms. The van der Waals surface area contributed by atoms with Gasteiger partial charge in [0.05, 0.1) is 0 Å². The summed E-state index contributed by atoms with van der Waals surface area (Å²) in [6.07, 6.45) is 0.997. The Bertz CT molecular complexity index is 433. The molecule has 0 bridgehead atoms. The fourth-order valence-corrected chi connectivity index (χ4v) is 2.37. The van der Waals surface area contributed by atoms with E-state index in [1.54, 1.807) is 0 Å². The first-order chi connectivity index (χ1) is 7.32. The smallest absolute Gasteiger partial charge is 0.128 e. The Morgan fingerprint density at radius 1 is 1.25 bits per heavy atom. The predicted molar refractivity (Wildman–Crippen MR) is 68.7 cm³/mol. The molecule has 0 amide bonds. The number of nitrogens with zero attached hydrogens (tertiary/aromatic N) is 1. The third-order valence-electron chi connectivity index (χ3n) is 3.33. The first-order valence-corrected chi connectivity index (χ1v) is 5.81. The summed E-state index contributed by atoms with van der Waals surface area (Å²) < 4.78 is 6.07. The van der Waals surface area contributed by atoms with E-state index in [9.17, 15) is 0 Å². The molecule has 0 radical (unpaired) electrons. The molecule has 1 aliphatic heterocycles. The lowest BCUT2D eigenvalue weighted by atomic mass is 9.96. The Hall–Kier alpha value is -1.18. The summed E-state index contributed by atoms with van der Waals surface area (Å²) in [6, 6.07) is 2.26. The number of ether oxygens (including phenoxy) is 1. The van der Waals surface area contributed by atoms with Gasteiger partial charge in [-0.2, -0.15) is 0 Å². The molecule has 0 N–H and O–H groups in total. The average molecular weight is 219 g/mol. The number of fused-ring (bicyclic) bond motifs is 1. The van der Waals surface area contributed by atoms with E-state index >= 15 is 0 Å². The van der Waals surface area contributed by atoms with E-state index in [1.165, 1.54) is 22.4 Å². The van der Waals surface area contributed by atoms with E-state index in [1.807, 2.05) is 0 Å². The Morgan fingerprint density at radius 2 is 1.88 bits per heavy atom. The van der Waals surface area contributed by atoms with Crippen molar-refractivity contribution < 1.29 is 4.74 Å². The van der Waals surface area contributed by atoms with Gasteiger partial charge in [0.1, 0.15) is 11.4 Å². The highest BCUT2D eigenvalue weighted by molar-refractivity contribution is 5.65. The molecular weight excluding hydrogens is 198 g/mol. The monoisotopic (exact) mass is 219 g/mol. The minimum Gasteiger partial charge on any atom is -0.487 e. The van der Waals surface area contributed by atoms with Crippen molar-refractivity contribution in [1.29, 1.82) is 0 Å². The summed E-state index contributed by atoms with van der Waals surface area (Å²) in [4.78, 5) is 2.18. The average Bonchev–Trinajstić information content (AvgIpc) is 2.47. The molecule has 0 unspecified atom stereocenters. The fourth-order valence-electron chi connectivity index (χ4n) is 2.37. The molecule has 0 fully saturated rings. The zero-order chi connectivity index (χ0) is 12.1. The van der Waals surface area contributed by atoms with E-state index < -0.39 is 0 Å². The van der Waals surface area contributed by atoms with Crippen LogP contribution in [0.25, 0.3) is 0 Å². The summed E-state index contributed by atoms with van der Waals surface area (Å²) in [6.45, 7) is 8.61. The molecule has 0 aromatic heterocycles. The molecule has 2 nitrogen and oxygen atoms in total. The highest BCUT2D eigenvalue weighted by Gasteiger charge is 2.34. The number of hydrogen-bond acceptors (Lipinski definition) is 2. The van der Waals surface area contributed by atoms with Crippen molar-refractivity contribution in [3.05, 3.63) is 22.8 Å². The standard InChI is InChI=1S/C14H21NO/c1-9-7-12(15(5)6)11-8-14(3,4)16-13(11)10(9)2/h7H,8H2,1-6H3. The van der Waals surface area contributed by atoms with Crippen LogP contribution in [0.3, 0.4) is 0 Å². The number of aryl methyl sites for hydroxylation is 1. The third-order valence-corrected chi connectivity index (χ3v) is 3.33. The van der Waals surface area contributed by atoms with Gasteiger partial charge in [0.25, 0.3) is 0 Å². The molecule has 1 heterocycles. The molecule has 1 aromatic carbocycles. The summed E-state index contributed by atoms with van der Waals surface area (Å²) in [7, 11) is 4.19. The van der Waals surface area contributed by atoms with Crippen LogP contribution in [-0.4, -0.2) is 19.7 Å². The van der Waals surface area contributed by atoms with Gasteiger partial charge < -0.3 is 9.64 Å². The summed E-state index contributed by atoms with van der Waals surface area (Å²) >= 11 is 0. The zero-order valence-electron chi connectivity index (χ0n) is 11.1. The number of rotatable bonds is 1. The van der Waals surface area contributed by atoms with Gasteiger partial charge in [-0.1, -0.05) is 0 Å². The summed E-state index contributed by atoms with van der Waals surface area (Å²) in [5, 5.41) is 0. The Morgan fingerprint density at radius 3 is 2.44 bits per heavy atom. The van der Waals surface area contributed by atoms with Gasteiger partial charge >= 0.3 is 0 Å². The fraction of sp³-hybridized carbons (Fsp3) is 0.571. The predicted octanol–water partition coefficient (Wildman–Crippen LogP) is 3.08. The molecule has 88 valence electrons. The second-order valence-electron chi connectivity index (χ2n) is 5.58. The SMILES string of the molecule is Cc1cc(N(C)C)c2c(c1C)OC(C)(C)C2. The molecule has 0 saturated carbocycles. The molecule has 0 spiro atoms. The number of benzene rings is 1. The van der Waals surface area contributed by atoms with Crippen LogP contribution in [0, 0.1) is 13.8 Å². The van der Waals surface area contributed by atoms with Gasteiger partial charge in [-0.15, -0.1) is 0 Å². The minimum atomic E-state index is -0.0638. The van der Waals surface area contributed by atoms with Crippen LogP contribution in [0.2, 0.25) is 0 Å². The lowest BCUT2D eigenvalue weighted by Gasteiger charge is -2.19. The van der Waals surface area contributed by atoms with E-state index in [0.717, 1.165) is 12.2 Å². The van der Waals surface area contributed by atoms with Crippen LogP contribution >= 0.6 is 0 Å². The van der Waals surface area contributed by atoms with Crippen LogP contribution in [0.4, 0.5) is 5.69 Å². The van der Waals surface area contributed by atoms with Gasteiger partial charge in [0.15, 0.2) is 0 Å². The van der Waals surface area contributed by atoms with Crippen molar-refractivity contribution in [1.82, 2.24) is 0 Å². The van der Waals surface area contributed by atoms with Gasteiger partial charge in [0, 0.05) is 31.8 Å². The highest BCUT2D eigenvalue weighted by atomic mass is 16.5. The van der Waals surface area contributed by atoms with Crippen molar-refractivity contribution in [2.75, 3.05) is 19.0 Å². The van der Waals surface area contributed by atoms with E-state index in [0.29, 0.717) is 0 Å². The quantitative estimate of drug-likeness (QED) is 0.719. The van der Waals surface area contributed by atoms with Crippen LogP contribution in [-0.2, 0) is 6.42 Å². The second-order valence-corrected chi connectivity index (χ2v) is 5.58. The molecule has 0 aliphatic carbocycles. The molecule has 16 heavy (non-hydrogen) atoms. The van der Waals surface area contributed by atoms with E-state index in [2.05, 4.69) is 52.8 Å². The minimum absolute atomic E-state index is 0.0638. The number of hydrogen-bond donors (Lipinski definition) is 0. The van der Waals surface area contributed by atoms with E-state index in [-0.39, 0.29) is 5.60 Å². The largest absolute Gasteiger partial charge is 0.487 e. The molecule has 0 atom stereocenters. The Balaban J connectivity index is 2.63. The van der Waals surface area contributed by atoms with Gasteiger partial charge in [-0.05, 0) is 44.9 Å². The van der Waals surface area contributed by atoms with Crippen LogP contribution in [0.15, 0.2) is 6.07 Å². The molecule has 0 saturated heterocycles. The molecular formula is C14H21NO. The van der Waals surface area contributed by atoms with Crippen molar-refractivity contribution in [2.45, 2.75) is 39.7 Å². The normalized spacial score (nSPS) is 16.9. The van der Waals surface area contributed by atoms with Crippen molar-refractivity contribution in [3.63, 3.8) is 0 Å². The van der Waals surface area contributed by atoms with Crippen LogP contribution in [0.5, 0.6) is 5.75 Å². The maximum Gasteiger partial charge on any atom is 0.128 e. The molecule has 1 aromatic rings. The van der Waals surface area contributed by atoms with Gasteiger partial charge in [-0.3, -0.25) is 0 Å². The van der Waals surface area contributed by atoms with Crippen LogP contribution < -0.4 is 9.64 Å². The Kier molecular flexibility index (Phi) is 2.41. The Labute approximate surface area is 98.2 Å².